The van der Waals surface area contributed by atoms with Gasteiger partial charge in [0.2, 0.25) is 0 Å². The average Bonchev–Trinajstić information content (AvgIpc) is 2.56. The second kappa shape index (κ2) is 7.85. The van der Waals surface area contributed by atoms with Crippen LogP contribution in [-0.2, 0) is 9.53 Å². The SMILES string of the molecule is COC(=O)N1CCC(NC(=O)COc2cccc(C)c2C)CC1. The van der Waals surface area contributed by atoms with Crippen LogP contribution in [0.15, 0.2) is 18.2 Å². The first kappa shape index (κ1) is 17.1. The fourth-order valence-corrected chi connectivity index (χ4v) is 2.63. The van der Waals surface area contributed by atoms with Crippen molar-refractivity contribution in [3.63, 3.8) is 0 Å². The smallest absolute Gasteiger partial charge is 0.409 e. The van der Waals surface area contributed by atoms with Gasteiger partial charge in [-0.1, -0.05) is 12.1 Å². The molecule has 2 amide bonds. The van der Waals surface area contributed by atoms with Crippen molar-refractivity contribution < 1.29 is 19.1 Å². The maximum Gasteiger partial charge on any atom is 0.409 e. The number of benzene rings is 1. The lowest BCUT2D eigenvalue weighted by atomic mass is 10.1. The Labute approximate surface area is 136 Å². The van der Waals surface area contributed by atoms with Gasteiger partial charge in [0.15, 0.2) is 6.61 Å². The largest absolute Gasteiger partial charge is 0.483 e. The lowest BCUT2D eigenvalue weighted by molar-refractivity contribution is -0.124. The minimum Gasteiger partial charge on any atom is -0.483 e. The first-order valence-electron chi connectivity index (χ1n) is 7.82. The molecule has 1 saturated heterocycles. The number of nitrogens with one attached hydrogen (secondary N) is 1. The van der Waals surface area contributed by atoms with Gasteiger partial charge in [0.05, 0.1) is 7.11 Å². The normalized spacial score (nSPS) is 15.2. The number of carbonyl (C=O) groups excluding carboxylic acids is 2. The van der Waals surface area contributed by atoms with Crippen LogP contribution in [-0.4, -0.2) is 49.7 Å². The van der Waals surface area contributed by atoms with Gasteiger partial charge in [0.25, 0.3) is 5.91 Å². The van der Waals surface area contributed by atoms with Crippen molar-refractivity contribution in [2.24, 2.45) is 0 Å². The summed E-state index contributed by atoms with van der Waals surface area (Å²) in [6.07, 6.45) is 1.14. The maximum absolute atomic E-state index is 12.0. The third kappa shape index (κ3) is 4.61. The van der Waals surface area contributed by atoms with Gasteiger partial charge in [0.1, 0.15) is 5.75 Å². The Balaban J connectivity index is 1.76. The molecule has 0 aliphatic carbocycles. The lowest BCUT2D eigenvalue weighted by Gasteiger charge is -2.31. The Morgan fingerprint density at radius 1 is 1.26 bits per heavy atom. The predicted octanol–water partition coefficient (Wildman–Crippen LogP) is 2.03. The van der Waals surface area contributed by atoms with Crippen LogP contribution in [0.5, 0.6) is 5.75 Å². The zero-order valence-corrected chi connectivity index (χ0v) is 13.9. The molecule has 6 heteroatoms. The molecule has 0 atom stereocenters. The molecule has 0 spiro atoms. The Bertz CT molecular complexity index is 566. The standard InChI is InChI=1S/C17H24N2O4/c1-12-5-4-6-15(13(12)2)23-11-16(20)18-14-7-9-19(10-8-14)17(21)22-3/h4-6,14H,7-11H2,1-3H3,(H,18,20). The maximum atomic E-state index is 12.0. The van der Waals surface area contributed by atoms with E-state index in [9.17, 15) is 9.59 Å². The highest BCUT2D eigenvalue weighted by Crippen LogP contribution is 2.20. The zero-order valence-electron chi connectivity index (χ0n) is 13.9. The molecule has 0 unspecified atom stereocenters. The number of aryl methyl sites for hydroxylation is 1. The number of ether oxygens (including phenoxy) is 2. The highest BCUT2D eigenvalue weighted by Gasteiger charge is 2.24. The zero-order chi connectivity index (χ0) is 16.8. The number of rotatable bonds is 4. The van der Waals surface area contributed by atoms with Gasteiger partial charge in [0, 0.05) is 19.1 Å². The van der Waals surface area contributed by atoms with Crippen LogP contribution < -0.4 is 10.1 Å². The molecular formula is C17H24N2O4. The molecule has 23 heavy (non-hydrogen) atoms. The summed E-state index contributed by atoms with van der Waals surface area (Å²) in [5.41, 5.74) is 2.18. The molecule has 126 valence electrons. The van der Waals surface area contributed by atoms with Crippen LogP contribution in [0.25, 0.3) is 0 Å². The molecule has 0 bridgehead atoms. The molecule has 6 nitrogen and oxygen atoms in total. The summed E-state index contributed by atoms with van der Waals surface area (Å²) < 4.78 is 10.3. The number of likely N-dealkylation sites (tertiary alicyclic amines) is 1. The quantitative estimate of drug-likeness (QED) is 0.922. The Hall–Kier alpha value is -2.24. The third-order valence-electron chi connectivity index (χ3n) is 4.21. The highest BCUT2D eigenvalue weighted by atomic mass is 16.5. The van der Waals surface area contributed by atoms with Crippen molar-refractivity contribution >= 4 is 12.0 Å². The van der Waals surface area contributed by atoms with E-state index in [0.29, 0.717) is 13.1 Å². The minimum absolute atomic E-state index is 0.00150. The summed E-state index contributed by atoms with van der Waals surface area (Å²) in [5.74, 6) is 0.600. The fraction of sp³-hybridized carbons (Fsp3) is 0.529. The molecule has 1 fully saturated rings. The Morgan fingerprint density at radius 2 is 1.96 bits per heavy atom. The van der Waals surface area contributed by atoms with E-state index in [1.54, 1.807) is 4.90 Å². The van der Waals surface area contributed by atoms with Crippen LogP contribution >= 0.6 is 0 Å². The van der Waals surface area contributed by atoms with Crippen molar-refractivity contribution in [3.8, 4) is 5.75 Å². The third-order valence-corrected chi connectivity index (χ3v) is 4.21. The topological polar surface area (TPSA) is 67.9 Å². The molecule has 2 rings (SSSR count). The number of methoxy groups -OCH3 is 1. The molecule has 1 aromatic rings. The summed E-state index contributed by atoms with van der Waals surface area (Å²) >= 11 is 0. The number of amides is 2. The van der Waals surface area contributed by atoms with Gasteiger partial charge in [-0.15, -0.1) is 0 Å². The summed E-state index contributed by atoms with van der Waals surface area (Å²) in [5, 5.41) is 2.96. The van der Waals surface area contributed by atoms with Gasteiger partial charge >= 0.3 is 6.09 Å². The summed E-state index contributed by atoms with van der Waals surface area (Å²) in [6.45, 7) is 5.18. The molecule has 1 heterocycles. The van der Waals surface area contributed by atoms with Crippen molar-refractivity contribution in [2.75, 3.05) is 26.8 Å². The van der Waals surface area contributed by atoms with E-state index < -0.39 is 0 Å². The first-order valence-corrected chi connectivity index (χ1v) is 7.82. The van der Waals surface area contributed by atoms with Crippen molar-refractivity contribution in [1.29, 1.82) is 0 Å². The van der Waals surface area contributed by atoms with Crippen molar-refractivity contribution in [1.82, 2.24) is 10.2 Å². The van der Waals surface area contributed by atoms with Crippen LogP contribution in [0, 0.1) is 13.8 Å². The number of piperidine rings is 1. The van der Waals surface area contributed by atoms with Crippen LogP contribution in [0.1, 0.15) is 24.0 Å². The lowest BCUT2D eigenvalue weighted by Crippen LogP contribution is -2.47. The molecular weight excluding hydrogens is 296 g/mol. The van der Waals surface area contributed by atoms with Gasteiger partial charge < -0.3 is 19.7 Å². The summed E-state index contributed by atoms with van der Waals surface area (Å²) in [4.78, 5) is 25.1. The number of hydrogen-bond acceptors (Lipinski definition) is 4. The minimum atomic E-state index is -0.312. The van der Waals surface area contributed by atoms with E-state index in [1.165, 1.54) is 7.11 Å². The van der Waals surface area contributed by atoms with Gasteiger partial charge in [-0.25, -0.2) is 4.79 Å². The van der Waals surface area contributed by atoms with Gasteiger partial charge in [-0.3, -0.25) is 4.79 Å². The van der Waals surface area contributed by atoms with E-state index in [-0.39, 0.29) is 24.6 Å². The monoisotopic (exact) mass is 320 g/mol. The molecule has 1 aliphatic rings. The molecule has 0 radical (unpaired) electrons. The van der Waals surface area contributed by atoms with E-state index in [0.717, 1.165) is 29.7 Å². The van der Waals surface area contributed by atoms with E-state index in [4.69, 9.17) is 9.47 Å². The average molecular weight is 320 g/mol. The van der Waals surface area contributed by atoms with Gasteiger partial charge in [-0.2, -0.15) is 0 Å². The Kier molecular flexibility index (Phi) is 5.84. The molecule has 0 saturated carbocycles. The second-order valence-corrected chi connectivity index (χ2v) is 5.79. The fourth-order valence-electron chi connectivity index (χ4n) is 2.63. The Morgan fingerprint density at radius 3 is 2.61 bits per heavy atom. The number of carbonyl (C=O) groups is 2. The predicted molar refractivity (Wildman–Crippen MR) is 86.6 cm³/mol. The van der Waals surface area contributed by atoms with Crippen molar-refractivity contribution in [2.45, 2.75) is 32.7 Å². The van der Waals surface area contributed by atoms with E-state index in [1.807, 2.05) is 32.0 Å². The van der Waals surface area contributed by atoms with Crippen LogP contribution in [0.2, 0.25) is 0 Å². The second-order valence-electron chi connectivity index (χ2n) is 5.79. The number of hydrogen-bond donors (Lipinski definition) is 1. The first-order chi connectivity index (χ1) is 11.0. The molecule has 1 aromatic carbocycles. The van der Waals surface area contributed by atoms with Crippen LogP contribution in [0.4, 0.5) is 4.79 Å². The molecule has 0 aromatic heterocycles. The molecule has 1 aliphatic heterocycles. The number of nitrogens with zero attached hydrogens (tertiary/aromatic N) is 1. The summed E-state index contributed by atoms with van der Waals surface area (Å²) in [6, 6.07) is 5.87. The molecule has 1 N–H and O–H groups in total. The van der Waals surface area contributed by atoms with Crippen LogP contribution in [0.3, 0.4) is 0 Å². The van der Waals surface area contributed by atoms with Crippen molar-refractivity contribution in [3.05, 3.63) is 29.3 Å². The van der Waals surface area contributed by atoms with E-state index >= 15 is 0 Å². The van der Waals surface area contributed by atoms with Gasteiger partial charge in [-0.05, 0) is 43.9 Å². The summed E-state index contributed by atoms with van der Waals surface area (Å²) in [7, 11) is 1.38. The van der Waals surface area contributed by atoms with E-state index in [2.05, 4.69) is 5.32 Å². The highest BCUT2D eigenvalue weighted by molar-refractivity contribution is 5.78.